The van der Waals surface area contributed by atoms with Crippen LogP contribution in [0.2, 0.25) is 0 Å². The maximum absolute atomic E-state index is 12.1. The van der Waals surface area contributed by atoms with Crippen molar-refractivity contribution in [2.24, 2.45) is 5.92 Å². The standard InChI is InChI=1S/C22H33N5O/c1-17-13-18(2)27(25-17)16-19(3)26-11-8-20(9-12-26)6-7-22(28)24-15-21-5-4-10-23-14-21/h4-5,10,13-14,19-20H,6-9,11-12,15-16H2,1-3H3,(H,24,28)/t19-/m1/s1. The fourth-order valence-corrected chi connectivity index (χ4v) is 4.03. The Morgan fingerprint density at radius 1 is 1.32 bits per heavy atom. The number of carbonyl (C=O) groups is 1. The van der Waals surface area contributed by atoms with Crippen molar-refractivity contribution in [3.63, 3.8) is 0 Å². The molecule has 1 saturated heterocycles. The van der Waals surface area contributed by atoms with Crippen LogP contribution in [-0.4, -0.2) is 44.7 Å². The molecule has 0 aliphatic carbocycles. The molecule has 3 rings (SSSR count). The lowest BCUT2D eigenvalue weighted by atomic mass is 9.91. The minimum absolute atomic E-state index is 0.143. The molecule has 0 bridgehead atoms. The first kappa shape index (κ1) is 20.5. The minimum atomic E-state index is 0.143. The van der Waals surface area contributed by atoms with Crippen molar-refractivity contribution in [2.45, 2.75) is 65.6 Å². The van der Waals surface area contributed by atoms with Crippen molar-refractivity contribution >= 4 is 5.91 Å². The molecule has 1 aliphatic rings. The van der Waals surface area contributed by atoms with Gasteiger partial charge in [-0.1, -0.05) is 6.07 Å². The first-order chi connectivity index (χ1) is 13.5. The number of nitrogens with zero attached hydrogens (tertiary/aromatic N) is 4. The number of aromatic nitrogens is 3. The van der Waals surface area contributed by atoms with Crippen molar-refractivity contribution in [1.29, 1.82) is 0 Å². The van der Waals surface area contributed by atoms with E-state index in [9.17, 15) is 4.79 Å². The Morgan fingerprint density at radius 3 is 2.75 bits per heavy atom. The molecule has 2 aromatic heterocycles. The van der Waals surface area contributed by atoms with Crippen LogP contribution in [0.25, 0.3) is 0 Å². The zero-order valence-electron chi connectivity index (χ0n) is 17.4. The molecule has 0 unspecified atom stereocenters. The molecule has 6 heteroatoms. The molecule has 0 aromatic carbocycles. The number of carbonyl (C=O) groups excluding carboxylic acids is 1. The average Bonchev–Trinajstić information content (AvgIpc) is 3.02. The van der Waals surface area contributed by atoms with Crippen molar-refractivity contribution in [2.75, 3.05) is 13.1 Å². The lowest BCUT2D eigenvalue weighted by Crippen LogP contribution is -2.42. The summed E-state index contributed by atoms with van der Waals surface area (Å²) in [5.74, 6) is 0.797. The van der Waals surface area contributed by atoms with E-state index in [0.717, 1.165) is 37.3 Å². The van der Waals surface area contributed by atoms with E-state index in [0.29, 0.717) is 24.9 Å². The van der Waals surface area contributed by atoms with Gasteiger partial charge in [0.25, 0.3) is 0 Å². The van der Waals surface area contributed by atoms with E-state index < -0.39 is 0 Å². The largest absolute Gasteiger partial charge is 0.352 e. The lowest BCUT2D eigenvalue weighted by molar-refractivity contribution is -0.121. The summed E-state index contributed by atoms with van der Waals surface area (Å²) in [5, 5.41) is 7.59. The van der Waals surface area contributed by atoms with E-state index in [1.807, 2.05) is 19.1 Å². The highest BCUT2D eigenvalue weighted by Gasteiger charge is 2.23. The number of rotatable bonds is 8. The number of hydrogen-bond donors (Lipinski definition) is 1. The van der Waals surface area contributed by atoms with Crippen molar-refractivity contribution in [1.82, 2.24) is 25.0 Å². The molecule has 6 nitrogen and oxygen atoms in total. The Bertz CT molecular complexity index is 750. The van der Waals surface area contributed by atoms with Gasteiger partial charge in [-0.25, -0.2) is 0 Å². The zero-order valence-corrected chi connectivity index (χ0v) is 17.4. The quantitative estimate of drug-likeness (QED) is 0.761. The van der Waals surface area contributed by atoms with E-state index in [1.54, 1.807) is 12.4 Å². The molecule has 1 fully saturated rings. The third kappa shape index (κ3) is 5.89. The summed E-state index contributed by atoms with van der Waals surface area (Å²) in [6.07, 6.45) is 7.50. The van der Waals surface area contributed by atoms with E-state index >= 15 is 0 Å². The molecule has 0 saturated carbocycles. The number of pyridine rings is 1. The molecule has 1 N–H and O–H groups in total. The van der Waals surface area contributed by atoms with E-state index in [1.165, 1.54) is 18.5 Å². The summed E-state index contributed by atoms with van der Waals surface area (Å²) in [6.45, 7) is 10.2. The Kier molecular flexibility index (Phi) is 7.20. The molecule has 3 heterocycles. The van der Waals surface area contributed by atoms with Crippen LogP contribution in [0.4, 0.5) is 0 Å². The second-order valence-corrected chi connectivity index (χ2v) is 8.11. The molecule has 28 heavy (non-hydrogen) atoms. The minimum Gasteiger partial charge on any atom is -0.352 e. The molecule has 2 aromatic rings. The lowest BCUT2D eigenvalue weighted by Gasteiger charge is -2.36. The molecule has 1 atom stereocenters. The zero-order chi connectivity index (χ0) is 19.9. The van der Waals surface area contributed by atoms with Gasteiger partial charge in [0.05, 0.1) is 12.2 Å². The van der Waals surface area contributed by atoms with Crippen LogP contribution in [0.15, 0.2) is 30.6 Å². The van der Waals surface area contributed by atoms with Gasteiger partial charge in [0.2, 0.25) is 5.91 Å². The Labute approximate surface area is 168 Å². The van der Waals surface area contributed by atoms with Gasteiger partial charge in [0.15, 0.2) is 0 Å². The van der Waals surface area contributed by atoms with E-state index in [2.05, 4.69) is 44.9 Å². The number of hydrogen-bond acceptors (Lipinski definition) is 4. The average molecular weight is 384 g/mol. The summed E-state index contributed by atoms with van der Waals surface area (Å²) < 4.78 is 2.12. The molecular formula is C22H33N5O. The molecule has 1 amide bonds. The number of likely N-dealkylation sites (tertiary alicyclic amines) is 1. The molecule has 1 aliphatic heterocycles. The fourth-order valence-electron chi connectivity index (χ4n) is 4.03. The highest BCUT2D eigenvalue weighted by atomic mass is 16.1. The second kappa shape index (κ2) is 9.82. The predicted molar refractivity (Wildman–Crippen MR) is 111 cm³/mol. The van der Waals surface area contributed by atoms with Crippen LogP contribution in [0, 0.1) is 19.8 Å². The van der Waals surface area contributed by atoms with Gasteiger partial charge >= 0.3 is 0 Å². The highest BCUT2D eigenvalue weighted by Crippen LogP contribution is 2.23. The molecule has 0 spiro atoms. The topological polar surface area (TPSA) is 63.1 Å². The van der Waals surface area contributed by atoms with Gasteiger partial charge in [-0.2, -0.15) is 5.10 Å². The molecule has 0 radical (unpaired) electrons. The highest BCUT2D eigenvalue weighted by molar-refractivity contribution is 5.75. The van der Waals surface area contributed by atoms with E-state index in [4.69, 9.17) is 0 Å². The fraction of sp³-hybridized carbons (Fsp3) is 0.591. The van der Waals surface area contributed by atoms with Gasteiger partial charge in [0.1, 0.15) is 0 Å². The third-order valence-electron chi connectivity index (χ3n) is 5.81. The summed E-state index contributed by atoms with van der Waals surface area (Å²) in [4.78, 5) is 18.8. The monoisotopic (exact) mass is 383 g/mol. The van der Waals surface area contributed by atoms with Crippen molar-refractivity contribution < 1.29 is 4.79 Å². The van der Waals surface area contributed by atoms with Crippen LogP contribution in [0.3, 0.4) is 0 Å². The van der Waals surface area contributed by atoms with Gasteiger partial charge in [-0.05, 0) is 76.7 Å². The number of nitrogens with one attached hydrogen (secondary N) is 1. The van der Waals surface area contributed by atoms with Gasteiger partial charge < -0.3 is 5.32 Å². The van der Waals surface area contributed by atoms with Crippen LogP contribution in [0.5, 0.6) is 0 Å². The van der Waals surface area contributed by atoms with Gasteiger partial charge in [-0.3, -0.25) is 19.4 Å². The summed E-state index contributed by atoms with van der Waals surface area (Å²) >= 11 is 0. The second-order valence-electron chi connectivity index (χ2n) is 8.11. The van der Waals surface area contributed by atoms with Gasteiger partial charge in [0, 0.05) is 37.1 Å². The van der Waals surface area contributed by atoms with Crippen LogP contribution < -0.4 is 5.32 Å². The Balaban J connectivity index is 1.34. The van der Waals surface area contributed by atoms with Crippen molar-refractivity contribution in [3.8, 4) is 0 Å². The SMILES string of the molecule is Cc1cc(C)n(C[C@@H](C)N2CCC(CCC(=O)NCc3cccnc3)CC2)n1. The predicted octanol–water partition coefficient (Wildman–Crippen LogP) is 3.09. The smallest absolute Gasteiger partial charge is 0.220 e. The summed E-state index contributed by atoms with van der Waals surface area (Å²) in [7, 11) is 0. The van der Waals surface area contributed by atoms with Crippen LogP contribution in [0.1, 0.15) is 49.6 Å². The first-order valence-electron chi connectivity index (χ1n) is 10.4. The maximum atomic E-state index is 12.1. The summed E-state index contributed by atoms with van der Waals surface area (Å²) in [5.41, 5.74) is 3.36. The van der Waals surface area contributed by atoms with Crippen molar-refractivity contribution in [3.05, 3.63) is 47.5 Å². The Morgan fingerprint density at radius 2 is 2.11 bits per heavy atom. The van der Waals surface area contributed by atoms with Crippen LogP contribution >= 0.6 is 0 Å². The van der Waals surface area contributed by atoms with Gasteiger partial charge in [-0.15, -0.1) is 0 Å². The number of aryl methyl sites for hydroxylation is 2. The number of amides is 1. The third-order valence-corrected chi connectivity index (χ3v) is 5.81. The van der Waals surface area contributed by atoms with E-state index in [-0.39, 0.29) is 5.91 Å². The summed E-state index contributed by atoms with van der Waals surface area (Å²) in [6, 6.07) is 6.50. The Hall–Kier alpha value is -2.21. The normalized spacial score (nSPS) is 16.8. The number of piperidine rings is 1. The maximum Gasteiger partial charge on any atom is 0.220 e. The molecular weight excluding hydrogens is 350 g/mol. The first-order valence-corrected chi connectivity index (χ1v) is 10.4. The van der Waals surface area contributed by atoms with Crippen LogP contribution in [-0.2, 0) is 17.9 Å². The molecule has 152 valence electrons.